The van der Waals surface area contributed by atoms with Crippen molar-refractivity contribution in [2.45, 2.75) is 5.92 Å². The van der Waals surface area contributed by atoms with E-state index in [-0.39, 0.29) is 5.56 Å². The van der Waals surface area contributed by atoms with Crippen LogP contribution < -0.4 is 4.74 Å². The predicted octanol–water partition coefficient (Wildman–Crippen LogP) is 3.52. The van der Waals surface area contributed by atoms with Gasteiger partial charge in [0.2, 0.25) is 0 Å². The van der Waals surface area contributed by atoms with Crippen molar-refractivity contribution < 1.29 is 18.3 Å². The third kappa shape index (κ3) is 2.83. The molecule has 1 unspecified atom stereocenters. The van der Waals surface area contributed by atoms with Crippen LogP contribution in [-0.4, -0.2) is 12.9 Å². The number of Topliss-reactive ketones (excluding diaryl/α,β-unsaturated/α-hetero) is 1. The van der Waals surface area contributed by atoms with E-state index >= 15 is 0 Å². The number of nitriles is 1. The SMILES string of the molecule is COc1csc(C(=O)C(C#N)c2cc(F)cc(F)c2)c1. The van der Waals surface area contributed by atoms with E-state index < -0.39 is 23.3 Å². The van der Waals surface area contributed by atoms with Crippen molar-refractivity contribution in [2.75, 3.05) is 7.11 Å². The van der Waals surface area contributed by atoms with Gasteiger partial charge in [-0.2, -0.15) is 5.26 Å². The molecule has 0 fully saturated rings. The zero-order chi connectivity index (χ0) is 14.7. The van der Waals surface area contributed by atoms with Crippen LogP contribution >= 0.6 is 11.3 Å². The predicted molar refractivity (Wildman–Crippen MR) is 69.9 cm³/mol. The summed E-state index contributed by atoms with van der Waals surface area (Å²) in [6.45, 7) is 0. The first kappa shape index (κ1) is 14.2. The molecule has 0 saturated carbocycles. The van der Waals surface area contributed by atoms with Gasteiger partial charge < -0.3 is 4.74 Å². The standard InChI is InChI=1S/C14H9F2NO2S/c1-19-11-5-13(20-7-11)14(18)12(6-17)8-2-9(15)4-10(16)3-8/h2-5,7,12H,1H3. The summed E-state index contributed by atoms with van der Waals surface area (Å²) in [6, 6.07) is 5.94. The zero-order valence-corrected chi connectivity index (χ0v) is 11.2. The van der Waals surface area contributed by atoms with Crippen molar-refractivity contribution in [1.82, 2.24) is 0 Å². The minimum absolute atomic E-state index is 0.00219. The van der Waals surface area contributed by atoms with Crippen molar-refractivity contribution in [1.29, 1.82) is 5.26 Å². The lowest BCUT2D eigenvalue weighted by Gasteiger charge is -2.07. The number of ketones is 1. The summed E-state index contributed by atoms with van der Waals surface area (Å²) in [5.41, 5.74) is 0.00219. The van der Waals surface area contributed by atoms with Crippen LogP contribution in [0.15, 0.2) is 29.6 Å². The highest BCUT2D eigenvalue weighted by atomic mass is 32.1. The van der Waals surface area contributed by atoms with Gasteiger partial charge >= 0.3 is 0 Å². The first-order valence-electron chi connectivity index (χ1n) is 5.57. The Morgan fingerprint density at radius 1 is 1.30 bits per heavy atom. The number of ether oxygens (including phenoxy) is 1. The normalized spacial score (nSPS) is 11.7. The molecule has 0 radical (unpaired) electrons. The van der Waals surface area contributed by atoms with Crippen molar-refractivity contribution in [3.05, 3.63) is 51.7 Å². The molecule has 0 bridgehead atoms. The summed E-state index contributed by atoms with van der Waals surface area (Å²) in [4.78, 5) is 12.5. The topological polar surface area (TPSA) is 50.1 Å². The number of carbonyl (C=O) groups is 1. The van der Waals surface area contributed by atoms with Gasteiger partial charge in [-0.1, -0.05) is 0 Å². The number of rotatable bonds is 4. The third-order valence-electron chi connectivity index (χ3n) is 2.66. The van der Waals surface area contributed by atoms with Crippen LogP contribution in [0.2, 0.25) is 0 Å². The van der Waals surface area contributed by atoms with Gasteiger partial charge in [0.15, 0.2) is 5.78 Å². The quantitative estimate of drug-likeness (QED) is 0.810. The number of nitrogens with zero attached hydrogens (tertiary/aromatic N) is 1. The summed E-state index contributed by atoms with van der Waals surface area (Å²) in [7, 11) is 1.46. The third-order valence-corrected chi connectivity index (χ3v) is 3.59. The summed E-state index contributed by atoms with van der Waals surface area (Å²) in [5, 5.41) is 10.7. The molecular formula is C14H9F2NO2S. The zero-order valence-electron chi connectivity index (χ0n) is 10.4. The molecule has 102 valence electrons. The summed E-state index contributed by atoms with van der Waals surface area (Å²) in [6.07, 6.45) is 0. The van der Waals surface area contributed by atoms with Crippen molar-refractivity contribution in [3.63, 3.8) is 0 Å². The Kier molecular flexibility index (Phi) is 4.11. The lowest BCUT2D eigenvalue weighted by Crippen LogP contribution is -2.10. The monoisotopic (exact) mass is 293 g/mol. The fourth-order valence-corrected chi connectivity index (χ4v) is 2.55. The second-order valence-corrected chi connectivity index (χ2v) is 4.89. The molecule has 1 heterocycles. The maximum Gasteiger partial charge on any atom is 0.194 e. The van der Waals surface area contributed by atoms with Gasteiger partial charge in [0.1, 0.15) is 23.3 Å². The lowest BCUT2D eigenvalue weighted by molar-refractivity contribution is 0.0982. The van der Waals surface area contributed by atoms with E-state index in [9.17, 15) is 13.6 Å². The Labute approximate surface area is 118 Å². The second kappa shape index (κ2) is 5.80. The Morgan fingerprint density at radius 2 is 1.95 bits per heavy atom. The van der Waals surface area contributed by atoms with E-state index in [1.165, 1.54) is 13.2 Å². The number of hydrogen-bond donors (Lipinski definition) is 0. The minimum Gasteiger partial charge on any atom is -0.496 e. The van der Waals surface area contributed by atoms with Gasteiger partial charge in [-0.05, 0) is 17.7 Å². The van der Waals surface area contributed by atoms with Crippen LogP contribution in [0.25, 0.3) is 0 Å². The molecule has 0 aliphatic carbocycles. The van der Waals surface area contributed by atoms with Crippen molar-refractivity contribution in [2.24, 2.45) is 0 Å². The lowest BCUT2D eigenvalue weighted by atomic mass is 9.95. The number of benzene rings is 1. The average Bonchev–Trinajstić information content (AvgIpc) is 2.87. The van der Waals surface area contributed by atoms with Crippen LogP contribution in [0, 0.1) is 23.0 Å². The molecule has 0 N–H and O–H groups in total. The molecule has 0 spiro atoms. The highest BCUT2D eigenvalue weighted by molar-refractivity contribution is 7.12. The Balaban J connectivity index is 2.37. The van der Waals surface area contributed by atoms with Gasteiger partial charge in [0.05, 0.1) is 18.1 Å². The van der Waals surface area contributed by atoms with E-state index in [0.717, 1.165) is 23.5 Å². The van der Waals surface area contributed by atoms with E-state index in [2.05, 4.69) is 0 Å². The molecule has 3 nitrogen and oxygen atoms in total. The fourth-order valence-electron chi connectivity index (χ4n) is 1.72. The number of hydrogen-bond acceptors (Lipinski definition) is 4. The molecule has 1 atom stereocenters. The maximum absolute atomic E-state index is 13.2. The van der Waals surface area contributed by atoms with Crippen molar-refractivity contribution in [3.8, 4) is 11.8 Å². The molecule has 2 aromatic rings. The van der Waals surface area contributed by atoms with E-state index in [1.54, 1.807) is 11.4 Å². The van der Waals surface area contributed by atoms with Crippen LogP contribution in [0.3, 0.4) is 0 Å². The molecule has 1 aromatic heterocycles. The van der Waals surface area contributed by atoms with E-state index in [1.807, 2.05) is 0 Å². The van der Waals surface area contributed by atoms with Crippen molar-refractivity contribution >= 4 is 17.1 Å². The molecule has 0 aliphatic heterocycles. The van der Waals surface area contributed by atoms with Gasteiger partial charge in [0, 0.05) is 17.5 Å². The number of thiophene rings is 1. The molecule has 2 rings (SSSR count). The molecule has 6 heteroatoms. The molecule has 1 aromatic carbocycles. The molecule has 0 aliphatic rings. The molecule has 0 amide bonds. The van der Waals surface area contributed by atoms with Gasteiger partial charge in [-0.15, -0.1) is 11.3 Å². The smallest absolute Gasteiger partial charge is 0.194 e. The summed E-state index contributed by atoms with van der Waals surface area (Å²) >= 11 is 1.12. The Hall–Kier alpha value is -2.26. The van der Waals surface area contributed by atoms with Crippen LogP contribution in [-0.2, 0) is 0 Å². The first-order valence-corrected chi connectivity index (χ1v) is 6.45. The highest BCUT2D eigenvalue weighted by Gasteiger charge is 2.24. The van der Waals surface area contributed by atoms with Crippen LogP contribution in [0.5, 0.6) is 5.75 Å². The summed E-state index contributed by atoms with van der Waals surface area (Å²) < 4.78 is 31.3. The first-order chi connectivity index (χ1) is 9.55. The molecule has 0 saturated heterocycles. The number of methoxy groups -OCH3 is 1. The number of carbonyl (C=O) groups excluding carboxylic acids is 1. The second-order valence-electron chi connectivity index (χ2n) is 3.98. The van der Waals surface area contributed by atoms with E-state index in [4.69, 9.17) is 10.00 Å². The average molecular weight is 293 g/mol. The summed E-state index contributed by atoms with van der Waals surface area (Å²) in [5.74, 6) is -2.90. The Bertz CT molecular complexity index is 670. The molecule has 20 heavy (non-hydrogen) atoms. The Morgan fingerprint density at radius 3 is 2.45 bits per heavy atom. The minimum atomic E-state index is -1.25. The largest absolute Gasteiger partial charge is 0.496 e. The molecular weight excluding hydrogens is 284 g/mol. The van der Waals surface area contributed by atoms with Crippen LogP contribution in [0.4, 0.5) is 8.78 Å². The van der Waals surface area contributed by atoms with Gasteiger partial charge in [-0.25, -0.2) is 8.78 Å². The maximum atomic E-state index is 13.2. The van der Waals surface area contributed by atoms with Gasteiger partial charge in [0.25, 0.3) is 0 Å². The highest BCUT2D eigenvalue weighted by Crippen LogP contribution is 2.28. The van der Waals surface area contributed by atoms with Gasteiger partial charge in [-0.3, -0.25) is 4.79 Å². The number of halogens is 2. The fraction of sp³-hybridized carbons (Fsp3) is 0.143. The van der Waals surface area contributed by atoms with Crippen LogP contribution in [0.1, 0.15) is 21.2 Å². The van der Waals surface area contributed by atoms with E-state index in [0.29, 0.717) is 16.7 Å².